The average molecular weight is 242 g/mol. The Kier molecular flexibility index (Phi) is 3.83. The van der Waals surface area contributed by atoms with Crippen LogP contribution in [0.2, 0.25) is 5.02 Å². The van der Waals surface area contributed by atoms with Gasteiger partial charge < -0.3 is 10.1 Å². The quantitative estimate of drug-likeness (QED) is 0.832. The van der Waals surface area contributed by atoms with Crippen LogP contribution in [0.1, 0.15) is 26.2 Å². The minimum atomic E-state index is 0.475. The third kappa shape index (κ3) is 3.23. The first-order valence-corrected chi connectivity index (χ1v) is 6.06. The molecule has 1 saturated carbocycles. The van der Waals surface area contributed by atoms with Gasteiger partial charge in [0.15, 0.2) is 0 Å². The highest BCUT2D eigenvalue weighted by Crippen LogP contribution is 2.30. The number of hydrogen-bond acceptors (Lipinski definition) is 4. The predicted octanol–water partition coefficient (Wildman–Crippen LogP) is 2.74. The minimum Gasteiger partial charge on any atom is -0.476 e. The second-order valence-corrected chi connectivity index (χ2v) is 4.44. The van der Waals surface area contributed by atoms with Gasteiger partial charge in [-0.25, -0.2) is 4.98 Å². The summed E-state index contributed by atoms with van der Waals surface area (Å²) in [6.07, 6.45) is 5.12. The highest BCUT2D eigenvalue weighted by molar-refractivity contribution is 6.31. The Morgan fingerprint density at radius 1 is 1.56 bits per heavy atom. The van der Waals surface area contributed by atoms with E-state index in [1.54, 1.807) is 6.20 Å². The van der Waals surface area contributed by atoms with Crippen molar-refractivity contribution in [2.45, 2.75) is 26.2 Å². The standard InChI is InChI=1S/C11H16ClN3O/c1-2-5-13-11-14-6-9(12)10(15-11)16-7-8-3-4-8/h6,8H,2-5,7H2,1H3,(H,13,14,15). The van der Waals surface area contributed by atoms with E-state index in [0.29, 0.717) is 29.4 Å². The lowest BCUT2D eigenvalue weighted by Gasteiger charge is -2.08. The van der Waals surface area contributed by atoms with Crippen LogP contribution in [-0.2, 0) is 0 Å². The molecule has 0 spiro atoms. The zero-order valence-electron chi connectivity index (χ0n) is 9.37. The SMILES string of the molecule is CCCNc1ncc(Cl)c(OCC2CC2)n1. The number of halogens is 1. The van der Waals surface area contributed by atoms with Gasteiger partial charge in [-0.05, 0) is 25.2 Å². The van der Waals surface area contributed by atoms with Gasteiger partial charge in [-0.1, -0.05) is 18.5 Å². The Morgan fingerprint density at radius 2 is 2.38 bits per heavy atom. The third-order valence-electron chi connectivity index (χ3n) is 2.40. The zero-order valence-corrected chi connectivity index (χ0v) is 10.1. The maximum Gasteiger partial charge on any atom is 0.237 e. The van der Waals surface area contributed by atoms with Crippen LogP contribution in [0.15, 0.2) is 6.20 Å². The molecule has 0 amide bonds. The van der Waals surface area contributed by atoms with Crippen molar-refractivity contribution in [2.24, 2.45) is 5.92 Å². The molecule has 1 aliphatic rings. The summed E-state index contributed by atoms with van der Waals surface area (Å²) in [5.74, 6) is 1.76. The van der Waals surface area contributed by atoms with E-state index in [-0.39, 0.29) is 0 Å². The van der Waals surface area contributed by atoms with Crippen molar-refractivity contribution in [1.29, 1.82) is 0 Å². The van der Waals surface area contributed by atoms with E-state index >= 15 is 0 Å². The Labute approximate surface area is 100 Å². The molecular weight excluding hydrogens is 226 g/mol. The average Bonchev–Trinajstić information content (AvgIpc) is 3.10. The first-order valence-electron chi connectivity index (χ1n) is 5.68. The molecule has 0 aliphatic heterocycles. The fourth-order valence-corrected chi connectivity index (χ4v) is 1.40. The molecule has 0 unspecified atom stereocenters. The molecule has 4 nitrogen and oxygen atoms in total. The Bertz CT molecular complexity index is 355. The summed E-state index contributed by atoms with van der Waals surface area (Å²) in [5.41, 5.74) is 0. The normalized spacial score (nSPS) is 14.9. The first kappa shape index (κ1) is 11.5. The molecule has 5 heteroatoms. The van der Waals surface area contributed by atoms with Gasteiger partial charge in [0.2, 0.25) is 11.8 Å². The van der Waals surface area contributed by atoms with Crippen molar-refractivity contribution in [3.63, 3.8) is 0 Å². The first-order chi connectivity index (χ1) is 7.79. The summed E-state index contributed by atoms with van der Waals surface area (Å²) >= 11 is 5.96. The summed E-state index contributed by atoms with van der Waals surface area (Å²) in [7, 11) is 0. The van der Waals surface area contributed by atoms with Crippen molar-refractivity contribution in [3.05, 3.63) is 11.2 Å². The number of rotatable bonds is 6. The molecule has 0 atom stereocenters. The van der Waals surface area contributed by atoms with E-state index in [4.69, 9.17) is 16.3 Å². The molecule has 0 saturated heterocycles. The van der Waals surface area contributed by atoms with Gasteiger partial charge in [0.1, 0.15) is 5.02 Å². The summed E-state index contributed by atoms with van der Waals surface area (Å²) in [4.78, 5) is 8.32. The predicted molar refractivity (Wildman–Crippen MR) is 64.0 cm³/mol. The van der Waals surface area contributed by atoms with Gasteiger partial charge in [0.05, 0.1) is 12.8 Å². The molecule has 88 valence electrons. The second kappa shape index (κ2) is 5.34. The van der Waals surface area contributed by atoms with Crippen LogP contribution in [0.4, 0.5) is 5.95 Å². The van der Waals surface area contributed by atoms with Crippen molar-refractivity contribution in [3.8, 4) is 5.88 Å². The van der Waals surface area contributed by atoms with Crippen molar-refractivity contribution >= 4 is 17.5 Å². The third-order valence-corrected chi connectivity index (χ3v) is 2.66. The number of nitrogens with one attached hydrogen (secondary N) is 1. The minimum absolute atomic E-state index is 0.475. The lowest BCUT2D eigenvalue weighted by atomic mass is 10.5. The summed E-state index contributed by atoms with van der Waals surface area (Å²) in [6.45, 7) is 3.65. The lowest BCUT2D eigenvalue weighted by Crippen LogP contribution is -2.07. The Morgan fingerprint density at radius 3 is 3.06 bits per heavy atom. The number of anilines is 1. The maximum absolute atomic E-state index is 5.96. The molecule has 0 bridgehead atoms. The van der Waals surface area contributed by atoms with Gasteiger partial charge in [-0.2, -0.15) is 4.98 Å². The van der Waals surface area contributed by atoms with Gasteiger partial charge in [-0.15, -0.1) is 0 Å². The van der Waals surface area contributed by atoms with E-state index in [1.807, 2.05) is 0 Å². The summed E-state index contributed by atoms with van der Waals surface area (Å²) < 4.78 is 5.56. The molecule has 1 heterocycles. The van der Waals surface area contributed by atoms with Crippen LogP contribution in [0.25, 0.3) is 0 Å². The van der Waals surface area contributed by atoms with Crippen LogP contribution >= 0.6 is 11.6 Å². The Balaban J connectivity index is 1.96. The topological polar surface area (TPSA) is 47.0 Å². The molecule has 16 heavy (non-hydrogen) atoms. The zero-order chi connectivity index (χ0) is 11.4. The number of ether oxygens (including phenoxy) is 1. The molecule has 2 rings (SSSR count). The number of nitrogens with zero attached hydrogens (tertiary/aromatic N) is 2. The van der Waals surface area contributed by atoms with Crippen molar-refractivity contribution in [1.82, 2.24) is 9.97 Å². The van der Waals surface area contributed by atoms with E-state index in [1.165, 1.54) is 12.8 Å². The smallest absolute Gasteiger partial charge is 0.237 e. The lowest BCUT2D eigenvalue weighted by molar-refractivity contribution is 0.288. The monoisotopic (exact) mass is 241 g/mol. The van der Waals surface area contributed by atoms with Gasteiger partial charge in [0, 0.05) is 6.54 Å². The van der Waals surface area contributed by atoms with Crippen LogP contribution in [0.3, 0.4) is 0 Å². The maximum atomic E-state index is 5.96. The fraction of sp³-hybridized carbons (Fsp3) is 0.636. The second-order valence-electron chi connectivity index (χ2n) is 4.03. The van der Waals surface area contributed by atoms with Gasteiger partial charge in [-0.3, -0.25) is 0 Å². The van der Waals surface area contributed by atoms with E-state index in [9.17, 15) is 0 Å². The van der Waals surface area contributed by atoms with Crippen LogP contribution < -0.4 is 10.1 Å². The Hall–Kier alpha value is -1.03. The molecule has 1 aromatic heterocycles. The highest BCUT2D eigenvalue weighted by atomic mass is 35.5. The van der Waals surface area contributed by atoms with Crippen molar-refractivity contribution < 1.29 is 4.74 Å². The summed E-state index contributed by atoms with van der Waals surface area (Å²) in [6, 6.07) is 0. The van der Waals surface area contributed by atoms with Crippen LogP contribution in [0.5, 0.6) is 5.88 Å². The molecular formula is C11H16ClN3O. The van der Waals surface area contributed by atoms with E-state index < -0.39 is 0 Å². The fourth-order valence-electron chi connectivity index (χ4n) is 1.26. The molecule has 0 radical (unpaired) electrons. The molecule has 1 fully saturated rings. The van der Waals surface area contributed by atoms with Crippen LogP contribution in [0, 0.1) is 5.92 Å². The van der Waals surface area contributed by atoms with Gasteiger partial charge in [0.25, 0.3) is 0 Å². The highest BCUT2D eigenvalue weighted by Gasteiger charge is 2.22. The number of aromatic nitrogens is 2. The van der Waals surface area contributed by atoms with E-state index in [2.05, 4.69) is 22.2 Å². The van der Waals surface area contributed by atoms with Gasteiger partial charge >= 0.3 is 0 Å². The van der Waals surface area contributed by atoms with Crippen LogP contribution in [-0.4, -0.2) is 23.1 Å². The largest absolute Gasteiger partial charge is 0.476 e. The molecule has 1 N–H and O–H groups in total. The van der Waals surface area contributed by atoms with Crippen molar-refractivity contribution in [2.75, 3.05) is 18.5 Å². The van der Waals surface area contributed by atoms with E-state index in [0.717, 1.165) is 13.0 Å². The molecule has 0 aromatic carbocycles. The molecule has 1 aromatic rings. The molecule has 1 aliphatic carbocycles. The summed E-state index contributed by atoms with van der Waals surface area (Å²) in [5, 5.41) is 3.58. The number of hydrogen-bond donors (Lipinski definition) is 1.